The van der Waals surface area contributed by atoms with Gasteiger partial charge in [-0.1, -0.05) is 162 Å². The molecule has 0 fully saturated rings. The van der Waals surface area contributed by atoms with Crippen molar-refractivity contribution in [2.24, 2.45) is 0 Å². The number of thioether (sulfide) groups is 2. The van der Waals surface area contributed by atoms with E-state index < -0.39 is 0 Å². The van der Waals surface area contributed by atoms with Crippen molar-refractivity contribution in [3.63, 3.8) is 0 Å². The van der Waals surface area contributed by atoms with Crippen LogP contribution in [0.3, 0.4) is 0 Å². The second kappa shape index (κ2) is 37.9. The van der Waals surface area contributed by atoms with Crippen LogP contribution in [0.2, 0.25) is 0 Å². The first-order valence-corrected chi connectivity index (χ1v) is 25.2. The fourth-order valence-corrected chi connectivity index (χ4v) is 9.10. The summed E-state index contributed by atoms with van der Waals surface area (Å²) in [5.41, 5.74) is 12.4. The molecule has 0 saturated carbocycles. The Morgan fingerprint density at radius 3 is 1.50 bits per heavy atom. The highest BCUT2D eigenvalue weighted by Crippen LogP contribution is 2.37. The van der Waals surface area contributed by atoms with E-state index >= 15 is 0 Å². The predicted octanol–water partition coefficient (Wildman–Crippen LogP) is 20.0. The first kappa shape index (κ1) is 56.7. The Labute approximate surface area is 362 Å². The average molecular weight is 809 g/mol. The van der Waals surface area contributed by atoms with Crippen LogP contribution in [0.25, 0.3) is 0 Å². The molecule has 0 aromatic rings. The summed E-state index contributed by atoms with van der Waals surface area (Å²) in [7, 11) is 0. The maximum Gasteiger partial charge on any atom is 0.0271 e. The number of hydrogen-bond acceptors (Lipinski definition) is 2. The van der Waals surface area contributed by atoms with Crippen LogP contribution in [0.5, 0.6) is 0 Å². The molecular formula is C54H96S2. The Kier molecular flexibility index (Phi) is 38.3. The molecule has 0 aliphatic carbocycles. The molecule has 324 valence electrons. The minimum atomic E-state index is 0.597. The zero-order valence-electron chi connectivity index (χ0n) is 40.5. The van der Waals surface area contributed by atoms with Gasteiger partial charge in [-0.15, -0.1) is 23.5 Å². The van der Waals surface area contributed by atoms with E-state index in [1.54, 1.807) is 38.3 Å². The minimum Gasteiger partial charge on any atom is -0.146 e. The molecule has 3 atom stereocenters. The zero-order chi connectivity index (χ0) is 42.7. The normalized spacial score (nSPS) is 20.6. The molecule has 0 amide bonds. The van der Waals surface area contributed by atoms with Gasteiger partial charge >= 0.3 is 0 Å². The zero-order valence-corrected chi connectivity index (χ0v) is 42.2. The van der Waals surface area contributed by atoms with E-state index in [1.165, 1.54) is 127 Å². The standard InChI is InChI=1S/C28H48S2.2C13H24/c1-9-13-16-23(7)28-19-18-24(8)27(12-4)30-26(11-3)22(6)17-14-15-21(5)20-25(10-2)29-28;2*1-5-7-9-13(4)11-8-10-12(3)6-2/h17-18,20,25-27H,9-16,19H2,1-8H3;2*9-10H,5-8,11H2,1-4H3/b21-20?,22-17?,24-18?,28-23-;;. The molecule has 0 spiro atoms. The van der Waals surface area contributed by atoms with E-state index in [1.807, 2.05) is 0 Å². The summed E-state index contributed by atoms with van der Waals surface area (Å²) in [6, 6.07) is 0. The molecule has 0 N–H and O–H groups in total. The van der Waals surface area contributed by atoms with Crippen LogP contribution in [0.1, 0.15) is 233 Å². The van der Waals surface area contributed by atoms with Crippen molar-refractivity contribution in [1.29, 1.82) is 0 Å². The van der Waals surface area contributed by atoms with E-state index in [-0.39, 0.29) is 0 Å². The quantitative estimate of drug-likeness (QED) is 0.127. The topological polar surface area (TPSA) is 0 Å². The highest BCUT2D eigenvalue weighted by Gasteiger charge is 2.18. The molecule has 0 nitrogen and oxygen atoms in total. The van der Waals surface area contributed by atoms with Crippen LogP contribution >= 0.6 is 23.5 Å². The second-order valence-electron chi connectivity index (χ2n) is 16.5. The van der Waals surface area contributed by atoms with E-state index in [4.69, 9.17) is 0 Å². The van der Waals surface area contributed by atoms with Crippen LogP contribution in [0.4, 0.5) is 0 Å². The number of allylic oxidation sites excluding steroid dienone is 13. The summed E-state index contributed by atoms with van der Waals surface area (Å²) >= 11 is 4.33. The van der Waals surface area contributed by atoms with Gasteiger partial charge in [0.2, 0.25) is 0 Å². The van der Waals surface area contributed by atoms with Gasteiger partial charge in [0.15, 0.2) is 0 Å². The van der Waals surface area contributed by atoms with Crippen LogP contribution in [-0.4, -0.2) is 15.7 Å². The highest BCUT2D eigenvalue weighted by molar-refractivity contribution is 8.03. The Bertz CT molecular complexity index is 1200. The van der Waals surface area contributed by atoms with Crippen molar-refractivity contribution in [2.45, 2.75) is 249 Å². The largest absolute Gasteiger partial charge is 0.146 e. The minimum absolute atomic E-state index is 0.597. The van der Waals surface area contributed by atoms with Crippen molar-refractivity contribution in [3.8, 4) is 0 Å². The lowest BCUT2D eigenvalue weighted by molar-refractivity contribution is 0.783. The van der Waals surface area contributed by atoms with Crippen molar-refractivity contribution in [2.75, 3.05) is 0 Å². The summed E-state index contributed by atoms with van der Waals surface area (Å²) < 4.78 is 0. The third kappa shape index (κ3) is 30.7. The van der Waals surface area contributed by atoms with Gasteiger partial charge in [-0.25, -0.2) is 0 Å². The van der Waals surface area contributed by atoms with Gasteiger partial charge in [0.25, 0.3) is 0 Å². The Morgan fingerprint density at radius 1 is 0.589 bits per heavy atom. The lowest BCUT2D eigenvalue weighted by Gasteiger charge is -2.24. The first-order chi connectivity index (χ1) is 26.8. The van der Waals surface area contributed by atoms with Crippen LogP contribution in [-0.2, 0) is 0 Å². The smallest absolute Gasteiger partial charge is 0.0271 e. The van der Waals surface area contributed by atoms with Crippen molar-refractivity contribution in [3.05, 3.63) is 92.0 Å². The van der Waals surface area contributed by atoms with E-state index in [2.05, 4.69) is 177 Å². The van der Waals surface area contributed by atoms with Gasteiger partial charge in [0.05, 0.1) is 0 Å². The Hall–Kier alpha value is -1.38. The van der Waals surface area contributed by atoms with Gasteiger partial charge in [0, 0.05) is 15.7 Å². The molecule has 3 unspecified atom stereocenters. The van der Waals surface area contributed by atoms with Gasteiger partial charge in [-0.3, -0.25) is 0 Å². The first-order valence-electron chi connectivity index (χ1n) is 23.4. The van der Waals surface area contributed by atoms with Crippen LogP contribution in [0, 0.1) is 0 Å². The molecule has 0 radical (unpaired) electrons. The maximum atomic E-state index is 2.55. The van der Waals surface area contributed by atoms with E-state index in [0.717, 1.165) is 6.42 Å². The van der Waals surface area contributed by atoms with Gasteiger partial charge < -0.3 is 0 Å². The van der Waals surface area contributed by atoms with Crippen LogP contribution in [0.15, 0.2) is 92.0 Å². The number of hydrogen-bond donors (Lipinski definition) is 0. The summed E-state index contributed by atoms with van der Waals surface area (Å²) in [5, 5.41) is 1.87. The average Bonchev–Trinajstić information content (AvgIpc) is 3.19. The monoisotopic (exact) mass is 809 g/mol. The van der Waals surface area contributed by atoms with Crippen molar-refractivity contribution < 1.29 is 0 Å². The molecule has 1 rings (SSSR count). The second-order valence-corrected chi connectivity index (χ2v) is 19.3. The Morgan fingerprint density at radius 2 is 1.07 bits per heavy atom. The molecule has 0 saturated heterocycles. The molecule has 1 aliphatic rings. The molecule has 0 aromatic carbocycles. The fraction of sp³-hybridized carbons (Fsp3) is 0.704. The summed E-state index contributed by atoms with van der Waals surface area (Å²) in [5.74, 6) is 0. The fourth-order valence-electron chi connectivity index (χ4n) is 6.38. The van der Waals surface area contributed by atoms with Gasteiger partial charge in [-0.05, 0) is 163 Å². The lowest BCUT2D eigenvalue weighted by atomic mass is 10.1. The molecular weight excluding hydrogens is 713 g/mol. The molecule has 1 heterocycles. The summed E-state index contributed by atoms with van der Waals surface area (Å²) in [6.45, 7) is 36.6. The third-order valence-electron chi connectivity index (χ3n) is 11.0. The van der Waals surface area contributed by atoms with Crippen LogP contribution < -0.4 is 0 Å². The lowest BCUT2D eigenvalue weighted by Crippen LogP contribution is -2.12. The van der Waals surface area contributed by atoms with Crippen molar-refractivity contribution >= 4 is 23.5 Å². The number of unbranched alkanes of at least 4 members (excludes halogenated alkanes) is 3. The van der Waals surface area contributed by atoms with E-state index in [9.17, 15) is 0 Å². The molecule has 2 heteroatoms. The molecule has 0 aromatic heterocycles. The van der Waals surface area contributed by atoms with Gasteiger partial charge in [0.1, 0.15) is 0 Å². The number of rotatable bonds is 18. The SMILES string of the molecule is CCCC/C(C)=C1/CC=C(C)C(CC)SC(CC)C(C)=CCCC(C)=CC(CC)S1.CCCC=C(C)CCC=C(C)CC.CCCC=C(C)CCC=C(C)CC. The van der Waals surface area contributed by atoms with Gasteiger partial charge in [-0.2, -0.15) is 0 Å². The summed E-state index contributed by atoms with van der Waals surface area (Å²) in [4.78, 5) is 1.62. The van der Waals surface area contributed by atoms with E-state index in [0.29, 0.717) is 15.7 Å². The highest BCUT2D eigenvalue weighted by atomic mass is 32.2. The molecule has 1 aliphatic heterocycles. The van der Waals surface area contributed by atoms with Crippen molar-refractivity contribution in [1.82, 2.24) is 0 Å². The predicted molar refractivity (Wildman–Crippen MR) is 269 cm³/mol. The maximum absolute atomic E-state index is 2.55. The summed E-state index contributed by atoms with van der Waals surface area (Å²) in [6.07, 6.45) is 40.3. The third-order valence-corrected chi connectivity index (χ3v) is 14.6. The Balaban J connectivity index is 0. The molecule has 0 bridgehead atoms. The molecule has 56 heavy (non-hydrogen) atoms.